The minimum Gasteiger partial charge on any atom is -0.399 e. The van der Waals surface area contributed by atoms with E-state index in [-0.39, 0.29) is 15.8 Å². The molecule has 2 aromatic carbocycles. The van der Waals surface area contributed by atoms with Gasteiger partial charge in [-0.3, -0.25) is 4.72 Å². The number of nitrogens with one attached hydrogen (secondary N) is 1. The zero-order valence-corrected chi connectivity index (χ0v) is 14.9. The summed E-state index contributed by atoms with van der Waals surface area (Å²) in [5, 5.41) is 0.433. The molecule has 0 aliphatic carbocycles. The topological polar surface area (TPSA) is 72.2 Å². The van der Waals surface area contributed by atoms with Crippen LogP contribution in [0, 0.1) is 5.82 Å². The lowest BCUT2D eigenvalue weighted by Crippen LogP contribution is -2.15. The summed E-state index contributed by atoms with van der Waals surface area (Å²) in [5.41, 5.74) is 5.91. The summed E-state index contributed by atoms with van der Waals surface area (Å²) in [5.74, 6) is -0.915. The lowest BCUT2D eigenvalue weighted by Gasteiger charge is -2.12. The van der Waals surface area contributed by atoms with Crippen molar-refractivity contribution in [2.75, 3.05) is 10.5 Å². The van der Waals surface area contributed by atoms with Crippen molar-refractivity contribution in [3.05, 3.63) is 50.1 Å². The number of hydrogen-bond acceptors (Lipinski definition) is 3. The molecule has 4 nitrogen and oxygen atoms in total. The Labute approximate surface area is 142 Å². The first kappa shape index (κ1) is 16.5. The van der Waals surface area contributed by atoms with Crippen LogP contribution >= 0.6 is 43.5 Å². The van der Waals surface area contributed by atoms with Crippen LogP contribution in [0.4, 0.5) is 15.8 Å². The predicted molar refractivity (Wildman–Crippen MR) is 88.5 cm³/mol. The fourth-order valence-electron chi connectivity index (χ4n) is 1.55. The van der Waals surface area contributed by atoms with Crippen LogP contribution in [-0.2, 0) is 10.0 Å². The zero-order chi connectivity index (χ0) is 15.8. The van der Waals surface area contributed by atoms with Gasteiger partial charge in [0.1, 0.15) is 4.90 Å². The fourth-order valence-corrected chi connectivity index (χ4v) is 4.29. The van der Waals surface area contributed by atoms with E-state index < -0.39 is 20.7 Å². The first-order chi connectivity index (χ1) is 9.70. The maximum Gasteiger partial charge on any atom is 0.264 e. The van der Waals surface area contributed by atoms with Crippen LogP contribution in [0.15, 0.2) is 44.2 Å². The average Bonchev–Trinajstić information content (AvgIpc) is 2.37. The highest BCUT2D eigenvalue weighted by Crippen LogP contribution is 2.31. The van der Waals surface area contributed by atoms with Crippen LogP contribution in [0.1, 0.15) is 0 Å². The summed E-state index contributed by atoms with van der Waals surface area (Å²) in [6.07, 6.45) is 0. The molecular weight excluding hydrogens is 450 g/mol. The number of halogens is 4. The van der Waals surface area contributed by atoms with Gasteiger partial charge in [0.2, 0.25) is 0 Å². The molecule has 0 atom stereocenters. The van der Waals surface area contributed by atoms with Gasteiger partial charge in [-0.15, -0.1) is 0 Å². The van der Waals surface area contributed by atoms with Crippen LogP contribution in [0.2, 0.25) is 5.02 Å². The SMILES string of the molecule is Nc1cc(Br)c(F)c(S(=O)(=O)Nc2ccc(Cl)cc2Br)c1. The van der Waals surface area contributed by atoms with E-state index in [1.807, 2.05) is 0 Å². The quantitative estimate of drug-likeness (QED) is 0.671. The normalized spacial score (nSPS) is 11.4. The Morgan fingerprint density at radius 2 is 1.81 bits per heavy atom. The summed E-state index contributed by atoms with van der Waals surface area (Å²) in [4.78, 5) is -0.545. The molecule has 0 saturated carbocycles. The number of benzene rings is 2. The van der Waals surface area contributed by atoms with Gasteiger partial charge in [-0.1, -0.05) is 11.6 Å². The number of hydrogen-bond donors (Lipinski definition) is 2. The van der Waals surface area contributed by atoms with Crippen molar-refractivity contribution in [1.29, 1.82) is 0 Å². The van der Waals surface area contributed by atoms with E-state index in [0.29, 0.717) is 9.50 Å². The van der Waals surface area contributed by atoms with Crippen molar-refractivity contribution in [1.82, 2.24) is 0 Å². The average molecular weight is 459 g/mol. The molecule has 0 heterocycles. The molecule has 2 aromatic rings. The van der Waals surface area contributed by atoms with Gasteiger partial charge < -0.3 is 5.73 Å². The number of rotatable bonds is 3. The highest BCUT2D eigenvalue weighted by atomic mass is 79.9. The predicted octanol–water partition coefficient (Wildman–Crippen LogP) is 4.39. The van der Waals surface area contributed by atoms with Crippen LogP contribution in [0.5, 0.6) is 0 Å². The van der Waals surface area contributed by atoms with Crippen molar-refractivity contribution >= 4 is 64.9 Å². The van der Waals surface area contributed by atoms with Crippen LogP contribution in [0.25, 0.3) is 0 Å². The highest BCUT2D eigenvalue weighted by molar-refractivity contribution is 9.10. The van der Waals surface area contributed by atoms with Crippen molar-refractivity contribution in [2.24, 2.45) is 0 Å². The lowest BCUT2D eigenvalue weighted by atomic mass is 10.3. The second-order valence-electron chi connectivity index (χ2n) is 4.04. The maximum atomic E-state index is 14.0. The van der Waals surface area contributed by atoms with E-state index in [1.54, 1.807) is 0 Å². The van der Waals surface area contributed by atoms with Crippen molar-refractivity contribution < 1.29 is 12.8 Å². The van der Waals surface area contributed by atoms with E-state index in [2.05, 4.69) is 36.6 Å². The first-order valence-corrected chi connectivity index (χ1v) is 8.88. The van der Waals surface area contributed by atoms with Gasteiger partial charge in [0.15, 0.2) is 5.82 Å². The molecule has 21 heavy (non-hydrogen) atoms. The van der Waals surface area contributed by atoms with Crippen molar-refractivity contribution in [3.8, 4) is 0 Å². The summed E-state index contributed by atoms with van der Waals surface area (Å²) < 4.78 is 41.2. The smallest absolute Gasteiger partial charge is 0.264 e. The number of nitrogen functional groups attached to an aromatic ring is 1. The summed E-state index contributed by atoms with van der Waals surface area (Å²) in [6.45, 7) is 0. The van der Waals surface area contributed by atoms with Gasteiger partial charge in [0.05, 0.1) is 10.2 Å². The van der Waals surface area contributed by atoms with Crippen LogP contribution in [0.3, 0.4) is 0 Å². The van der Waals surface area contributed by atoms with Gasteiger partial charge >= 0.3 is 0 Å². The van der Waals surface area contributed by atoms with Gasteiger partial charge in [0, 0.05) is 15.2 Å². The molecule has 0 fully saturated rings. The monoisotopic (exact) mass is 456 g/mol. The lowest BCUT2D eigenvalue weighted by molar-refractivity contribution is 0.567. The molecule has 3 N–H and O–H groups in total. The van der Waals surface area contributed by atoms with E-state index in [9.17, 15) is 12.8 Å². The molecule has 9 heteroatoms. The second kappa shape index (κ2) is 6.12. The Bertz CT molecular complexity index is 815. The summed E-state index contributed by atoms with van der Waals surface area (Å²) >= 11 is 11.9. The van der Waals surface area contributed by atoms with Crippen molar-refractivity contribution in [3.63, 3.8) is 0 Å². The molecule has 0 bridgehead atoms. The Kier molecular flexibility index (Phi) is 4.82. The van der Waals surface area contributed by atoms with Gasteiger partial charge in [-0.25, -0.2) is 12.8 Å². The molecule has 0 aromatic heterocycles. The number of anilines is 2. The van der Waals surface area contributed by atoms with E-state index >= 15 is 0 Å². The third kappa shape index (κ3) is 3.68. The largest absolute Gasteiger partial charge is 0.399 e. The van der Waals surface area contributed by atoms with Gasteiger partial charge in [-0.05, 0) is 62.2 Å². The Morgan fingerprint density at radius 3 is 2.43 bits per heavy atom. The number of nitrogens with two attached hydrogens (primary N) is 1. The molecule has 0 unspecified atom stereocenters. The molecule has 0 aliphatic rings. The molecule has 0 spiro atoms. The third-order valence-corrected chi connectivity index (χ3v) is 5.32. The second-order valence-corrected chi connectivity index (χ2v) is 7.84. The van der Waals surface area contributed by atoms with Crippen LogP contribution < -0.4 is 10.5 Å². The summed E-state index contributed by atoms with van der Waals surface area (Å²) in [7, 11) is -4.13. The molecule has 0 radical (unpaired) electrons. The highest BCUT2D eigenvalue weighted by Gasteiger charge is 2.22. The molecule has 0 amide bonds. The number of sulfonamides is 1. The van der Waals surface area contributed by atoms with E-state index in [1.165, 1.54) is 24.3 Å². The maximum absolute atomic E-state index is 14.0. The summed E-state index contributed by atoms with van der Waals surface area (Å²) in [6, 6.07) is 6.82. The Hall–Kier alpha value is -0.830. The third-order valence-electron chi connectivity index (χ3n) is 2.48. The minimum atomic E-state index is -4.13. The van der Waals surface area contributed by atoms with E-state index in [4.69, 9.17) is 17.3 Å². The molecule has 2 rings (SSSR count). The fraction of sp³-hybridized carbons (Fsp3) is 0. The van der Waals surface area contributed by atoms with Crippen LogP contribution in [-0.4, -0.2) is 8.42 Å². The molecular formula is C12H8Br2ClFN2O2S. The molecule has 112 valence electrons. The minimum absolute atomic E-state index is 0.0296. The molecule has 0 saturated heterocycles. The van der Waals surface area contributed by atoms with Gasteiger partial charge in [0.25, 0.3) is 10.0 Å². The van der Waals surface area contributed by atoms with Gasteiger partial charge in [-0.2, -0.15) is 0 Å². The Morgan fingerprint density at radius 1 is 1.14 bits per heavy atom. The Balaban J connectivity index is 2.48. The van der Waals surface area contributed by atoms with Crippen molar-refractivity contribution in [2.45, 2.75) is 4.90 Å². The first-order valence-electron chi connectivity index (χ1n) is 5.43. The standard InChI is InChI=1S/C12H8Br2ClFN2O2S/c13-8-3-6(15)1-2-10(8)18-21(19,20)11-5-7(17)4-9(14)12(11)16/h1-5,18H,17H2. The van der Waals surface area contributed by atoms with E-state index in [0.717, 1.165) is 6.07 Å². The molecule has 0 aliphatic heterocycles. The zero-order valence-electron chi connectivity index (χ0n) is 10.2.